The van der Waals surface area contributed by atoms with Gasteiger partial charge in [-0.05, 0) is 50.8 Å². The van der Waals surface area contributed by atoms with E-state index in [-0.39, 0.29) is 5.91 Å². The van der Waals surface area contributed by atoms with Crippen molar-refractivity contribution in [2.45, 2.75) is 38.6 Å². The monoisotopic (exact) mass is 446 g/mol. The van der Waals surface area contributed by atoms with Gasteiger partial charge in [-0.2, -0.15) is 0 Å². The van der Waals surface area contributed by atoms with Crippen LogP contribution >= 0.6 is 43.2 Å². The van der Waals surface area contributed by atoms with Crippen LogP contribution in [0.25, 0.3) is 0 Å². The number of aromatic nitrogens is 3. The number of nitrogens with zero attached hydrogens (tertiary/aromatic N) is 3. The lowest BCUT2D eigenvalue weighted by Crippen LogP contribution is -2.25. The van der Waals surface area contributed by atoms with Gasteiger partial charge in [0, 0.05) is 30.4 Å². The first-order valence-electron chi connectivity index (χ1n) is 7.29. The van der Waals surface area contributed by atoms with Crippen molar-refractivity contribution < 1.29 is 4.79 Å². The van der Waals surface area contributed by atoms with Crippen LogP contribution in [-0.4, -0.2) is 27.2 Å². The molecule has 0 bridgehead atoms. The zero-order valence-corrected chi connectivity index (χ0v) is 15.9. The molecule has 22 heavy (non-hydrogen) atoms. The van der Waals surface area contributed by atoms with Gasteiger partial charge in [-0.3, -0.25) is 4.79 Å². The Labute approximate surface area is 149 Å². The maximum Gasteiger partial charge on any atom is 0.261 e. The maximum absolute atomic E-state index is 12.1. The molecule has 0 saturated heterocycles. The number of hydrogen-bond donors (Lipinski definition) is 1. The van der Waals surface area contributed by atoms with Gasteiger partial charge >= 0.3 is 0 Å². The van der Waals surface area contributed by atoms with Gasteiger partial charge in [-0.1, -0.05) is 6.42 Å². The molecule has 0 spiro atoms. The lowest BCUT2D eigenvalue weighted by atomic mass is 10.2. The first-order valence-corrected chi connectivity index (χ1v) is 9.69. The minimum absolute atomic E-state index is 0.0491. The van der Waals surface area contributed by atoms with Crippen molar-refractivity contribution in [3.8, 4) is 0 Å². The second kappa shape index (κ2) is 7.23. The van der Waals surface area contributed by atoms with Gasteiger partial charge in [0.25, 0.3) is 5.91 Å². The molecule has 0 aromatic carbocycles. The highest BCUT2D eigenvalue weighted by Gasteiger charge is 2.15. The summed E-state index contributed by atoms with van der Waals surface area (Å²) in [6.07, 6.45) is 5.35. The summed E-state index contributed by atoms with van der Waals surface area (Å²) in [6, 6.07) is 1.83. The van der Waals surface area contributed by atoms with Gasteiger partial charge in [-0.25, -0.2) is 0 Å². The summed E-state index contributed by atoms with van der Waals surface area (Å²) < 4.78 is 4.06. The molecule has 3 rings (SSSR count). The Hall–Kier alpha value is -0.730. The maximum atomic E-state index is 12.1. The quantitative estimate of drug-likeness (QED) is 0.779. The van der Waals surface area contributed by atoms with E-state index in [1.807, 2.05) is 6.07 Å². The van der Waals surface area contributed by atoms with Crippen molar-refractivity contribution in [1.29, 1.82) is 0 Å². The lowest BCUT2D eigenvalue weighted by molar-refractivity contribution is 0.0958. The van der Waals surface area contributed by atoms with Crippen molar-refractivity contribution in [1.82, 2.24) is 20.1 Å². The second-order valence-corrected chi connectivity index (χ2v) is 8.46. The fraction of sp³-hybridized carbons (Fsp3) is 0.500. The van der Waals surface area contributed by atoms with Crippen LogP contribution in [0.15, 0.2) is 14.3 Å². The lowest BCUT2D eigenvalue weighted by Gasteiger charge is -2.07. The van der Waals surface area contributed by atoms with E-state index in [2.05, 4.69) is 51.9 Å². The van der Waals surface area contributed by atoms with E-state index in [1.54, 1.807) is 0 Å². The molecule has 0 fully saturated rings. The van der Waals surface area contributed by atoms with E-state index in [0.29, 0.717) is 17.8 Å². The molecular formula is C14H16Br2N4OS. The molecule has 0 saturated carbocycles. The molecule has 3 heterocycles. The number of hydrogen-bond acceptors (Lipinski definition) is 4. The molecule has 8 heteroatoms. The Bertz CT molecular complexity index is 663. The highest BCUT2D eigenvalue weighted by molar-refractivity contribution is 9.13. The van der Waals surface area contributed by atoms with Crippen LogP contribution in [0.1, 0.15) is 40.6 Å². The summed E-state index contributed by atoms with van der Waals surface area (Å²) in [7, 11) is 0. The average molecular weight is 448 g/mol. The number of fused-ring (bicyclic) bond motifs is 1. The number of thiophene rings is 1. The molecule has 1 aliphatic rings. The molecule has 2 aromatic heterocycles. The smallest absolute Gasteiger partial charge is 0.261 e. The van der Waals surface area contributed by atoms with E-state index in [1.165, 1.54) is 30.6 Å². The van der Waals surface area contributed by atoms with Crippen molar-refractivity contribution in [2.24, 2.45) is 0 Å². The molecule has 5 nitrogen and oxygen atoms in total. The molecule has 0 atom stereocenters. The van der Waals surface area contributed by atoms with Gasteiger partial charge in [0.15, 0.2) is 0 Å². The van der Waals surface area contributed by atoms with E-state index in [0.717, 1.165) is 32.9 Å². The summed E-state index contributed by atoms with van der Waals surface area (Å²) in [5.41, 5.74) is 0. The number of aryl methyl sites for hydroxylation is 1. The molecule has 118 valence electrons. The number of carbonyl (C=O) groups excluding carboxylic acids is 1. The minimum atomic E-state index is -0.0491. The van der Waals surface area contributed by atoms with Gasteiger partial charge in [-0.15, -0.1) is 21.5 Å². The Kier molecular flexibility index (Phi) is 5.30. The third-order valence-corrected chi connectivity index (χ3v) is 6.94. The van der Waals surface area contributed by atoms with Crippen molar-refractivity contribution in [3.63, 3.8) is 0 Å². The number of rotatable bonds is 4. The zero-order valence-electron chi connectivity index (χ0n) is 11.9. The van der Waals surface area contributed by atoms with Crippen LogP contribution < -0.4 is 5.32 Å². The number of nitrogens with one attached hydrogen (secondary N) is 1. The molecule has 0 aliphatic carbocycles. The van der Waals surface area contributed by atoms with Crippen molar-refractivity contribution in [2.75, 3.05) is 6.54 Å². The van der Waals surface area contributed by atoms with Crippen LogP contribution in [0.3, 0.4) is 0 Å². The first kappa shape index (κ1) is 16.1. The normalized spacial score (nSPS) is 14.5. The standard InChI is InChI=1S/C14H16Br2N4OS/c15-9-8-10(22-13(9)16)14(21)17-6-5-12-19-18-11-4-2-1-3-7-20(11)12/h8H,1-7H2,(H,17,21). The van der Waals surface area contributed by atoms with Gasteiger partial charge in [0.2, 0.25) is 0 Å². The fourth-order valence-corrected chi connectivity index (χ4v) is 4.52. The Morgan fingerprint density at radius 1 is 1.32 bits per heavy atom. The number of amides is 1. The molecule has 1 N–H and O–H groups in total. The third-order valence-electron chi connectivity index (χ3n) is 3.69. The number of carbonyl (C=O) groups is 1. The van der Waals surface area contributed by atoms with Gasteiger partial charge in [0.1, 0.15) is 11.6 Å². The Morgan fingerprint density at radius 3 is 2.95 bits per heavy atom. The summed E-state index contributed by atoms with van der Waals surface area (Å²) >= 11 is 8.22. The molecule has 0 radical (unpaired) electrons. The largest absolute Gasteiger partial charge is 0.351 e. The first-order chi connectivity index (χ1) is 10.6. The Morgan fingerprint density at radius 2 is 2.18 bits per heavy atom. The van der Waals surface area contributed by atoms with Crippen LogP contribution in [0.5, 0.6) is 0 Å². The summed E-state index contributed by atoms with van der Waals surface area (Å²) in [4.78, 5) is 12.8. The van der Waals surface area contributed by atoms with Crippen LogP contribution in [0.2, 0.25) is 0 Å². The van der Waals surface area contributed by atoms with E-state index >= 15 is 0 Å². The molecule has 2 aromatic rings. The summed E-state index contributed by atoms with van der Waals surface area (Å²) in [5, 5.41) is 11.5. The van der Waals surface area contributed by atoms with Crippen molar-refractivity contribution >= 4 is 49.1 Å². The molecule has 1 aliphatic heterocycles. The second-order valence-electron chi connectivity index (χ2n) is 5.23. The minimum Gasteiger partial charge on any atom is -0.351 e. The van der Waals surface area contributed by atoms with Gasteiger partial charge in [0.05, 0.1) is 8.66 Å². The highest BCUT2D eigenvalue weighted by atomic mass is 79.9. The van der Waals surface area contributed by atoms with Crippen molar-refractivity contribution in [3.05, 3.63) is 30.9 Å². The molecule has 0 unspecified atom stereocenters. The SMILES string of the molecule is O=C(NCCc1nnc2n1CCCCC2)c1cc(Br)c(Br)s1. The zero-order chi connectivity index (χ0) is 15.5. The van der Waals surface area contributed by atoms with E-state index in [4.69, 9.17) is 0 Å². The summed E-state index contributed by atoms with van der Waals surface area (Å²) in [5.74, 6) is 2.02. The van der Waals surface area contributed by atoms with E-state index in [9.17, 15) is 4.79 Å². The fourth-order valence-electron chi connectivity index (χ4n) is 2.56. The van der Waals surface area contributed by atoms with E-state index < -0.39 is 0 Å². The summed E-state index contributed by atoms with van der Waals surface area (Å²) in [6.45, 7) is 1.57. The molecule has 1 amide bonds. The predicted octanol–water partition coefficient (Wildman–Crippen LogP) is 3.56. The predicted molar refractivity (Wildman–Crippen MR) is 93.3 cm³/mol. The van der Waals surface area contributed by atoms with Gasteiger partial charge < -0.3 is 9.88 Å². The van der Waals surface area contributed by atoms with Crippen LogP contribution in [0.4, 0.5) is 0 Å². The average Bonchev–Trinajstić information content (AvgIpc) is 2.94. The van der Waals surface area contributed by atoms with Crippen LogP contribution in [0, 0.1) is 0 Å². The number of halogens is 2. The topological polar surface area (TPSA) is 59.8 Å². The Balaban J connectivity index is 1.57. The van der Waals surface area contributed by atoms with Crippen LogP contribution in [-0.2, 0) is 19.4 Å². The molecular weight excluding hydrogens is 432 g/mol. The third kappa shape index (κ3) is 3.60. The highest BCUT2D eigenvalue weighted by Crippen LogP contribution is 2.32.